The SMILES string of the molecule is [Cl][Ni][Cl].[NH3+]CP(=O)([O-])C[NH3+].[NH3+]CP(=O)([O-])C[NH3+].[OH3+].[OH3+]. The van der Waals surface area contributed by atoms with Gasteiger partial charge in [0.05, 0.1) is 0 Å². The van der Waals surface area contributed by atoms with Crippen LogP contribution in [-0.2, 0) is 32.7 Å². The zero-order valence-electron chi connectivity index (χ0n) is 10.4. The third-order valence-corrected chi connectivity index (χ3v) is 4.09. The van der Waals surface area contributed by atoms with Crippen molar-refractivity contribution in [3.8, 4) is 0 Å². The van der Waals surface area contributed by atoms with Crippen LogP contribution in [0.5, 0.6) is 0 Å². The summed E-state index contributed by atoms with van der Waals surface area (Å²) in [6.45, 7) is 0. The fourth-order valence-electron chi connectivity index (χ4n) is 0.224. The van der Waals surface area contributed by atoms with Gasteiger partial charge in [-0.25, -0.2) is 0 Å². The van der Waals surface area contributed by atoms with Crippen molar-refractivity contribution in [3.63, 3.8) is 0 Å². The molecule has 128 valence electrons. The monoisotopic (exact) mass is 416 g/mol. The van der Waals surface area contributed by atoms with Crippen LogP contribution in [0.1, 0.15) is 0 Å². The molecule has 0 aliphatic carbocycles. The van der Waals surface area contributed by atoms with Crippen LogP contribution in [0.3, 0.4) is 0 Å². The van der Waals surface area contributed by atoms with Crippen LogP contribution in [0.15, 0.2) is 0 Å². The molecule has 10 nitrogen and oxygen atoms in total. The summed E-state index contributed by atoms with van der Waals surface area (Å²) in [4.78, 5) is 20.5. The second kappa shape index (κ2) is 19.2. The van der Waals surface area contributed by atoms with E-state index in [-0.39, 0.29) is 36.1 Å². The average molecular weight is 418 g/mol. The summed E-state index contributed by atoms with van der Waals surface area (Å²) < 4.78 is 20.5. The summed E-state index contributed by atoms with van der Waals surface area (Å²) >= 11 is 0.569. The predicted octanol–water partition coefficient (Wildman–Crippen LogP) is -6.42. The summed E-state index contributed by atoms with van der Waals surface area (Å²) in [7, 11) is 3.15. The smallest absolute Gasteiger partial charge is 0.122 e. The Morgan fingerprint density at radius 2 is 0.895 bits per heavy atom. The molecule has 0 amide bonds. The van der Waals surface area contributed by atoms with E-state index in [9.17, 15) is 18.9 Å². The zero-order valence-corrected chi connectivity index (χ0v) is 14.7. The minimum absolute atomic E-state index is 0. The molecule has 0 spiro atoms. The second-order valence-electron chi connectivity index (χ2n) is 2.57. The van der Waals surface area contributed by atoms with Crippen LogP contribution in [0.4, 0.5) is 0 Å². The standard InChI is InChI=1S/2C2H9N2O2P.2ClH.Ni.2H2O/c2*3-1-7(5,6)2-4;;;;;/h2*1-4H2,(H,5,6);2*1H;;2*1H2/q;;;;+2;;/p+2. The van der Waals surface area contributed by atoms with Crippen LogP contribution in [-0.4, -0.2) is 25.1 Å². The first kappa shape index (κ1) is 32.2. The van der Waals surface area contributed by atoms with Gasteiger partial charge in [0.1, 0.15) is 39.9 Å². The summed E-state index contributed by atoms with van der Waals surface area (Å²) in [5.41, 5.74) is 12.9. The van der Waals surface area contributed by atoms with Crippen LogP contribution in [0.25, 0.3) is 0 Å². The Balaban J connectivity index is -0.0000000525. The molecule has 0 radical (unpaired) electrons. The zero-order chi connectivity index (χ0) is 14.5. The molecule has 0 fully saturated rings. The minimum atomic E-state index is -3.13. The molecule has 19 heavy (non-hydrogen) atoms. The van der Waals surface area contributed by atoms with Gasteiger partial charge < -0.3 is 52.8 Å². The Morgan fingerprint density at radius 1 is 0.789 bits per heavy atom. The molecule has 0 rings (SSSR count). The van der Waals surface area contributed by atoms with E-state index in [1.54, 1.807) is 0 Å². The van der Waals surface area contributed by atoms with Crippen molar-refractivity contribution in [1.29, 1.82) is 0 Å². The van der Waals surface area contributed by atoms with Gasteiger partial charge in [-0.05, 0) is 0 Å². The van der Waals surface area contributed by atoms with Crippen molar-refractivity contribution in [2.24, 2.45) is 0 Å². The van der Waals surface area contributed by atoms with Gasteiger partial charge in [-0.1, -0.05) is 0 Å². The van der Waals surface area contributed by atoms with Gasteiger partial charge in [-0.2, -0.15) is 0 Å². The first-order valence-corrected chi connectivity index (χ1v) is 10.9. The molecule has 0 aromatic heterocycles. The van der Waals surface area contributed by atoms with E-state index in [0.29, 0.717) is 12.7 Å². The van der Waals surface area contributed by atoms with Crippen LogP contribution < -0.4 is 32.7 Å². The van der Waals surface area contributed by atoms with Crippen molar-refractivity contribution < 1.29 is 65.5 Å². The fourth-order valence-corrected chi connectivity index (χ4v) is 0.671. The van der Waals surface area contributed by atoms with Gasteiger partial charge >= 0.3 is 33.0 Å². The van der Waals surface area contributed by atoms with Crippen molar-refractivity contribution >= 4 is 35.1 Å². The molecule has 18 N–H and O–H groups in total. The summed E-state index contributed by atoms with van der Waals surface area (Å²) in [6.07, 6.45) is -0.0694. The molecule has 0 aliphatic heterocycles. The third-order valence-electron chi connectivity index (χ3n) is 1.36. The molecular weight excluding hydrogens is 392 g/mol. The molecule has 0 saturated heterocycles. The Labute approximate surface area is 126 Å². The van der Waals surface area contributed by atoms with Crippen molar-refractivity contribution in [1.82, 2.24) is 0 Å². The van der Waals surface area contributed by atoms with E-state index in [0.717, 1.165) is 0 Å². The summed E-state index contributed by atoms with van der Waals surface area (Å²) in [5, 5.41) is 0. The second-order valence-corrected chi connectivity index (χ2v) is 9.25. The topological polar surface area (TPSA) is 257 Å². The number of halogens is 2. The maximum Gasteiger partial charge on any atom is 0.122 e. The van der Waals surface area contributed by atoms with Gasteiger partial charge in [-0.3, -0.25) is 0 Å². The van der Waals surface area contributed by atoms with E-state index in [1.807, 2.05) is 0 Å². The number of rotatable bonds is 4. The fraction of sp³-hybridized carbons (Fsp3) is 1.00. The Bertz CT molecular complexity index is 225. The van der Waals surface area contributed by atoms with E-state index >= 15 is 0 Å². The number of hydrogen-bond donors (Lipinski definition) is 4. The maximum absolute atomic E-state index is 10.3. The third kappa shape index (κ3) is 32.6. The first-order chi connectivity index (χ1) is 7.66. The van der Waals surface area contributed by atoms with Crippen molar-refractivity contribution in [2.75, 3.05) is 25.1 Å². The van der Waals surface area contributed by atoms with E-state index in [1.165, 1.54) is 0 Å². The van der Waals surface area contributed by atoms with Crippen LogP contribution >= 0.6 is 35.1 Å². The molecule has 0 aliphatic rings. The molecule has 0 heterocycles. The number of quaternary nitrogens is 4. The van der Waals surface area contributed by atoms with Gasteiger partial charge in [0, 0.05) is 0 Å². The van der Waals surface area contributed by atoms with Crippen LogP contribution in [0.2, 0.25) is 0 Å². The Morgan fingerprint density at radius 3 is 0.895 bits per heavy atom. The van der Waals surface area contributed by atoms with Gasteiger partial charge in [0.2, 0.25) is 0 Å². The van der Waals surface area contributed by atoms with Gasteiger partial charge in [-0.15, -0.1) is 0 Å². The Kier molecular flexibility index (Phi) is 32.6. The minimum Gasteiger partial charge on any atom is -0.791 e. The summed E-state index contributed by atoms with van der Waals surface area (Å²) in [5.74, 6) is 0. The van der Waals surface area contributed by atoms with Gasteiger partial charge in [0.25, 0.3) is 0 Å². The summed E-state index contributed by atoms with van der Waals surface area (Å²) in [6, 6.07) is 0. The molecular formula is C4H26Cl2N4NiO6P2+4. The van der Waals surface area contributed by atoms with Crippen molar-refractivity contribution in [3.05, 3.63) is 0 Å². The number of hydrogen-bond acceptors (Lipinski definition) is 4. The molecule has 0 bridgehead atoms. The van der Waals surface area contributed by atoms with Crippen LogP contribution in [0, 0.1) is 0 Å². The average Bonchev–Trinajstić information content (AvgIpc) is 2.31. The molecule has 0 atom stereocenters. The van der Waals surface area contributed by atoms with E-state index in [4.69, 9.17) is 20.4 Å². The Hall–Kier alpha value is 1.21. The molecule has 0 aromatic rings. The molecule has 0 aromatic carbocycles. The maximum atomic E-state index is 10.3. The largest absolute Gasteiger partial charge is 0.791 e. The molecule has 15 heteroatoms. The molecule has 0 saturated carbocycles. The molecule has 0 unspecified atom stereocenters. The van der Waals surface area contributed by atoms with E-state index < -0.39 is 14.7 Å². The quantitative estimate of drug-likeness (QED) is 0.197. The normalized spacial score (nSPS) is 9.89. The van der Waals surface area contributed by atoms with E-state index in [2.05, 4.69) is 22.9 Å². The first-order valence-electron chi connectivity index (χ1n) is 4.23. The van der Waals surface area contributed by atoms with Gasteiger partial charge in [0.15, 0.2) is 0 Å². The predicted molar refractivity (Wildman–Crippen MR) is 67.7 cm³/mol. The van der Waals surface area contributed by atoms with Crippen molar-refractivity contribution in [2.45, 2.75) is 0 Å².